The summed E-state index contributed by atoms with van der Waals surface area (Å²) in [5.41, 5.74) is 2.74. The first-order valence-electron chi connectivity index (χ1n) is 10.8. The second-order valence-corrected chi connectivity index (χ2v) is 9.95. The number of aryl methyl sites for hydroxylation is 2. The van der Waals surface area contributed by atoms with Crippen molar-refractivity contribution in [3.63, 3.8) is 0 Å². The van der Waals surface area contributed by atoms with Gasteiger partial charge in [-0.3, -0.25) is 4.79 Å². The summed E-state index contributed by atoms with van der Waals surface area (Å²) in [4.78, 5) is 26.8. The molecule has 0 saturated carbocycles. The van der Waals surface area contributed by atoms with Crippen molar-refractivity contribution in [1.82, 2.24) is 4.31 Å². The molecule has 0 aromatic heterocycles. The second-order valence-electron chi connectivity index (χ2n) is 8.01. The number of esters is 1. The average molecular weight is 470 g/mol. The van der Waals surface area contributed by atoms with E-state index in [-0.39, 0.29) is 23.4 Å². The molecule has 174 valence electrons. The Morgan fingerprint density at radius 2 is 1.67 bits per heavy atom. The van der Waals surface area contributed by atoms with Gasteiger partial charge in [0, 0.05) is 25.3 Å². The molecule has 0 bridgehead atoms. The van der Waals surface area contributed by atoms with Crippen molar-refractivity contribution in [2.45, 2.75) is 38.0 Å². The van der Waals surface area contributed by atoms with E-state index in [4.69, 9.17) is 10.00 Å². The number of nitriles is 1. The van der Waals surface area contributed by atoms with Gasteiger partial charge in [0.25, 0.3) is 5.91 Å². The van der Waals surface area contributed by atoms with Gasteiger partial charge in [-0.15, -0.1) is 0 Å². The molecule has 2 aromatic carbocycles. The fraction of sp³-hybridized carbons (Fsp3) is 0.375. The van der Waals surface area contributed by atoms with E-state index in [0.717, 1.165) is 24.0 Å². The molecule has 9 heteroatoms. The number of hydrogen-bond acceptors (Lipinski definition) is 6. The fourth-order valence-electron chi connectivity index (χ4n) is 3.80. The van der Waals surface area contributed by atoms with Gasteiger partial charge in [0.2, 0.25) is 10.0 Å². The molecule has 1 aliphatic rings. The number of carbonyl (C=O) groups is 2. The van der Waals surface area contributed by atoms with E-state index >= 15 is 0 Å². The molecule has 33 heavy (non-hydrogen) atoms. The number of benzene rings is 2. The smallest absolute Gasteiger partial charge is 0.338 e. The summed E-state index contributed by atoms with van der Waals surface area (Å²) in [7, 11) is -3.57. The highest BCUT2D eigenvalue weighted by molar-refractivity contribution is 7.89. The Labute approximate surface area is 194 Å². The van der Waals surface area contributed by atoms with Gasteiger partial charge in [-0.1, -0.05) is 6.07 Å². The molecule has 3 rings (SSSR count). The minimum atomic E-state index is -3.57. The van der Waals surface area contributed by atoms with E-state index in [1.165, 1.54) is 33.5 Å². The van der Waals surface area contributed by atoms with E-state index < -0.39 is 28.5 Å². The monoisotopic (exact) mass is 469 g/mol. The lowest BCUT2D eigenvalue weighted by molar-refractivity contribution is -0.121. The van der Waals surface area contributed by atoms with Crippen LogP contribution in [0.25, 0.3) is 0 Å². The summed E-state index contributed by atoms with van der Waals surface area (Å²) in [6.45, 7) is 4.51. The maximum Gasteiger partial charge on any atom is 0.338 e. The molecular weight excluding hydrogens is 442 g/mol. The first-order chi connectivity index (χ1) is 15.7. The van der Waals surface area contributed by atoms with Gasteiger partial charge in [0.1, 0.15) is 0 Å². The summed E-state index contributed by atoms with van der Waals surface area (Å²) in [6, 6.07) is 13.2. The van der Waals surface area contributed by atoms with Gasteiger partial charge < -0.3 is 9.64 Å². The lowest BCUT2D eigenvalue weighted by Crippen LogP contribution is -2.35. The van der Waals surface area contributed by atoms with E-state index in [9.17, 15) is 18.0 Å². The summed E-state index contributed by atoms with van der Waals surface area (Å²) >= 11 is 0. The first-order valence-corrected chi connectivity index (χ1v) is 12.2. The molecule has 0 unspecified atom stereocenters. The third-order valence-corrected chi connectivity index (χ3v) is 7.30. The summed E-state index contributed by atoms with van der Waals surface area (Å²) in [5, 5.41) is 8.95. The molecule has 1 fully saturated rings. The van der Waals surface area contributed by atoms with Crippen molar-refractivity contribution >= 4 is 27.6 Å². The third-order valence-electron chi connectivity index (χ3n) is 5.39. The molecule has 0 spiro atoms. The molecule has 2 aromatic rings. The van der Waals surface area contributed by atoms with Gasteiger partial charge in [0.15, 0.2) is 6.61 Å². The van der Waals surface area contributed by atoms with Crippen molar-refractivity contribution in [2.24, 2.45) is 0 Å². The number of sulfonamides is 1. The number of ether oxygens (including phenoxy) is 1. The number of nitrogens with zero attached hydrogens (tertiary/aromatic N) is 3. The Kier molecular flexibility index (Phi) is 7.84. The van der Waals surface area contributed by atoms with Crippen LogP contribution < -0.4 is 4.90 Å². The Balaban J connectivity index is 1.67. The van der Waals surface area contributed by atoms with Crippen molar-refractivity contribution < 1.29 is 22.7 Å². The van der Waals surface area contributed by atoms with Crippen molar-refractivity contribution in [3.05, 3.63) is 59.2 Å². The van der Waals surface area contributed by atoms with Crippen LogP contribution in [0.4, 0.5) is 5.69 Å². The molecule has 0 radical (unpaired) electrons. The lowest BCUT2D eigenvalue weighted by Gasteiger charge is -2.22. The van der Waals surface area contributed by atoms with Crippen molar-refractivity contribution in [1.29, 1.82) is 5.26 Å². The van der Waals surface area contributed by atoms with Crippen LogP contribution in [0.1, 0.15) is 40.7 Å². The van der Waals surface area contributed by atoms with E-state index in [0.29, 0.717) is 18.8 Å². The van der Waals surface area contributed by atoms with Crippen molar-refractivity contribution in [2.75, 3.05) is 31.1 Å². The highest BCUT2D eigenvalue weighted by atomic mass is 32.2. The van der Waals surface area contributed by atoms with E-state index in [1.807, 2.05) is 38.1 Å². The minimum Gasteiger partial charge on any atom is -0.452 e. The normalized spacial score (nSPS) is 14.0. The predicted octanol–water partition coefficient (Wildman–Crippen LogP) is 3.19. The summed E-state index contributed by atoms with van der Waals surface area (Å²) in [6.07, 6.45) is 1.82. The predicted molar refractivity (Wildman–Crippen MR) is 123 cm³/mol. The highest BCUT2D eigenvalue weighted by Crippen LogP contribution is 2.22. The molecular formula is C24H27N3O5S. The van der Waals surface area contributed by atoms with Crippen LogP contribution in [0.2, 0.25) is 0 Å². The zero-order valence-corrected chi connectivity index (χ0v) is 19.6. The lowest BCUT2D eigenvalue weighted by atomic mass is 10.1. The van der Waals surface area contributed by atoms with E-state index in [1.54, 1.807) is 0 Å². The molecule has 0 N–H and O–H groups in total. The zero-order valence-electron chi connectivity index (χ0n) is 18.8. The Morgan fingerprint density at radius 3 is 2.24 bits per heavy atom. The van der Waals surface area contributed by atoms with Crippen LogP contribution in [0.3, 0.4) is 0 Å². The van der Waals surface area contributed by atoms with Gasteiger partial charge in [0.05, 0.1) is 22.9 Å². The molecule has 0 atom stereocenters. The molecule has 1 heterocycles. The van der Waals surface area contributed by atoms with Crippen LogP contribution in [-0.4, -0.2) is 50.8 Å². The Bertz CT molecular complexity index is 1140. The number of anilines is 1. The Morgan fingerprint density at radius 1 is 1.06 bits per heavy atom. The maximum atomic E-state index is 12.8. The standard InChI is InChI=1S/C24H27N3O5S/c1-18-14-19(2)16-21(15-18)27(13-5-10-25)23(28)17-32-24(29)20-6-8-22(9-7-20)33(30,31)26-11-3-4-12-26/h6-9,14-16H,3-5,11-13,17H2,1-2H3. The number of hydrogen-bond donors (Lipinski definition) is 0. The van der Waals surface area contributed by atoms with Gasteiger partial charge in [-0.25, -0.2) is 13.2 Å². The molecule has 1 aliphatic heterocycles. The quantitative estimate of drug-likeness (QED) is 0.550. The topological polar surface area (TPSA) is 108 Å². The second kappa shape index (κ2) is 10.6. The van der Waals surface area contributed by atoms with Crippen molar-refractivity contribution in [3.8, 4) is 6.07 Å². The average Bonchev–Trinajstić information content (AvgIpc) is 3.33. The number of amides is 1. The summed E-state index contributed by atoms with van der Waals surface area (Å²) in [5.74, 6) is -1.18. The molecule has 1 saturated heterocycles. The third kappa shape index (κ3) is 5.97. The zero-order chi connectivity index (χ0) is 24.0. The first kappa shape index (κ1) is 24.4. The number of carbonyl (C=O) groups excluding carboxylic acids is 2. The number of rotatable bonds is 8. The van der Waals surface area contributed by atoms with Crippen LogP contribution >= 0.6 is 0 Å². The fourth-order valence-corrected chi connectivity index (χ4v) is 5.31. The Hall–Kier alpha value is -3.22. The van der Waals surface area contributed by atoms with E-state index in [2.05, 4.69) is 0 Å². The van der Waals surface area contributed by atoms with Gasteiger partial charge in [-0.2, -0.15) is 9.57 Å². The summed E-state index contributed by atoms with van der Waals surface area (Å²) < 4.78 is 31.8. The van der Waals surface area contributed by atoms with Crippen LogP contribution in [0, 0.1) is 25.2 Å². The van der Waals surface area contributed by atoms with Crippen LogP contribution in [-0.2, 0) is 19.6 Å². The SMILES string of the molecule is Cc1cc(C)cc(N(CCC#N)C(=O)COC(=O)c2ccc(S(=O)(=O)N3CCCC3)cc2)c1. The highest BCUT2D eigenvalue weighted by Gasteiger charge is 2.27. The molecule has 0 aliphatic carbocycles. The molecule has 1 amide bonds. The van der Waals surface area contributed by atoms with Crippen LogP contribution in [0.15, 0.2) is 47.4 Å². The molecule has 8 nitrogen and oxygen atoms in total. The van der Waals surface area contributed by atoms with Crippen LogP contribution in [0.5, 0.6) is 0 Å². The minimum absolute atomic E-state index is 0.120. The van der Waals surface area contributed by atoms with Gasteiger partial charge in [-0.05, 0) is 74.2 Å². The van der Waals surface area contributed by atoms with Gasteiger partial charge >= 0.3 is 5.97 Å². The largest absolute Gasteiger partial charge is 0.452 e. The maximum absolute atomic E-state index is 12.8.